The minimum Gasteiger partial charge on any atom is -0.389 e. The van der Waals surface area contributed by atoms with Gasteiger partial charge in [0, 0.05) is 16.2 Å². The first-order valence-electron chi connectivity index (χ1n) is 3.10. The van der Waals surface area contributed by atoms with Gasteiger partial charge in [-0.1, -0.05) is 0 Å². The van der Waals surface area contributed by atoms with E-state index in [0.717, 1.165) is 6.20 Å². The Morgan fingerprint density at radius 1 is 1.64 bits per heavy atom. The molecule has 1 heterocycles. The summed E-state index contributed by atoms with van der Waals surface area (Å²) in [5, 5.41) is 9.09. The Morgan fingerprint density at radius 2 is 2.27 bits per heavy atom. The number of hydrogen-bond acceptors (Lipinski definition) is 2. The summed E-state index contributed by atoms with van der Waals surface area (Å²) < 4.78 is 13.3. The summed E-state index contributed by atoms with van der Waals surface area (Å²) in [5.74, 6) is -0.491. The normalized spacial score (nSPS) is 13.1. The van der Waals surface area contributed by atoms with Crippen LogP contribution in [-0.4, -0.2) is 10.1 Å². The zero-order valence-electron chi connectivity index (χ0n) is 5.88. The van der Waals surface area contributed by atoms with Crippen molar-refractivity contribution >= 4 is 15.9 Å². The fourth-order valence-electron chi connectivity index (χ4n) is 0.820. The number of hydrogen-bond donors (Lipinski definition) is 1. The van der Waals surface area contributed by atoms with Crippen molar-refractivity contribution in [3.63, 3.8) is 0 Å². The standard InChI is InChI=1S/C7H7BrFNO/c1-4(11)7-5(8)2-10-3-6(7)9/h2-4,11H,1H3/t4-/m0/s1. The number of pyridine rings is 1. The van der Waals surface area contributed by atoms with E-state index in [2.05, 4.69) is 20.9 Å². The van der Waals surface area contributed by atoms with Crippen LogP contribution in [0.15, 0.2) is 16.9 Å². The molecule has 0 radical (unpaired) electrons. The summed E-state index contributed by atoms with van der Waals surface area (Å²) >= 11 is 3.09. The Hall–Kier alpha value is -0.480. The van der Waals surface area contributed by atoms with Gasteiger partial charge in [-0.3, -0.25) is 4.98 Å². The number of aliphatic hydroxyl groups excluding tert-OH is 1. The van der Waals surface area contributed by atoms with Gasteiger partial charge in [0.2, 0.25) is 0 Å². The molecule has 0 spiro atoms. The molecule has 1 aromatic heterocycles. The monoisotopic (exact) mass is 219 g/mol. The van der Waals surface area contributed by atoms with Gasteiger partial charge in [-0.15, -0.1) is 0 Å². The van der Waals surface area contributed by atoms with Gasteiger partial charge in [0.05, 0.1) is 12.3 Å². The van der Waals surface area contributed by atoms with Crippen molar-refractivity contribution in [2.24, 2.45) is 0 Å². The molecule has 0 aliphatic rings. The third-order valence-electron chi connectivity index (χ3n) is 1.31. The first kappa shape index (κ1) is 8.62. The molecule has 0 saturated heterocycles. The molecule has 0 bridgehead atoms. The van der Waals surface area contributed by atoms with E-state index in [0.29, 0.717) is 4.47 Å². The van der Waals surface area contributed by atoms with Crippen LogP contribution >= 0.6 is 15.9 Å². The molecule has 11 heavy (non-hydrogen) atoms. The highest BCUT2D eigenvalue weighted by molar-refractivity contribution is 9.10. The molecule has 2 nitrogen and oxygen atoms in total. The van der Waals surface area contributed by atoms with Crippen molar-refractivity contribution in [3.05, 3.63) is 28.2 Å². The largest absolute Gasteiger partial charge is 0.389 e. The molecular weight excluding hydrogens is 213 g/mol. The van der Waals surface area contributed by atoms with Crippen LogP contribution in [0.25, 0.3) is 0 Å². The van der Waals surface area contributed by atoms with Gasteiger partial charge in [-0.25, -0.2) is 4.39 Å². The highest BCUT2D eigenvalue weighted by atomic mass is 79.9. The Bertz CT molecular complexity index is 244. The molecular formula is C7H7BrFNO. The van der Waals surface area contributed by atoms with Gasteiger partial charge >= 0.3 is 0 Å². The molecule has 1 rings (SSSR count). The predicted molar refractivity (Wildman–Crippen MR) is 42.5 cm³/mol. The smallest absolute Gasteiger partial charge is 0.148 e. The van der Waals surface area contributed by atoms with E-state index in [-0.39, 0.29) is 5.56 Å². The lowest BCUT2D eigenvalue weighted by Crippen LogP contribution is -1.97. The van der Waals surface area contributed by atoms with E-state index in [4.69, 9.17) is 5.11 Å². The fourth-order valence-corrected chi connectivity index (χ4v) is 1.46. The molecule has 4 heteroatoms. The number of halogens is 2. The second kappa shape index (κ2) is 3.28. The van der Waals surface area contributed by atoms with E-state index in [1.807, 2.05) is 0 Å². The summed E-state index contributed by atoms with van der Waals surface area (Å²) in [5.41, 5.74) is 0.250. The summed E-state index contributed by atoms with van der Waals surface area (Å²) in [6.07, 6.45) is 1.71. The van der Waals surface area contributed by atoms with E-state index in [1.165, 1.54) is 13.1 Å². The first-order chi connectivity index (χ1) is 5.13. The van der Waals surface area contributed by atoms with Crippen molar-refractivity contribution in [1.29, 1.82) is 0 Å². The zero-order chi connectivity index (χ0) is 8.43. The van der Waals surface area contributed by atoms with Crippen molar-refractivity contribution in [1.82, 2.24) is 4.98 Å². The second-order valence-electron chi connectivity index (χ2n) is 2.19. The van der Waals surface area contributed by atoms with Crippen LogP contribution in [0.3, 0.4) is 0 Å². The summed E-state index contributed by atoms with van der Waals surface area (Å²) in [7, 11) is 0. The lowest BCUT2D eigenvalue weighted by Gasteiger charge is -2.06. The molecule has 0 aliphatic heterocycles. The van der Waals surface area contributed by atoms with Crippen LogP contribution in [0.1, 0.15) is 18.6 Å². The van der Waals surface area contributed by atoms with Crippen molar-refractivity contribution in [2.75, 3.05) is 0 Å². The van der Waals surface area contributed by atoms with Crippen LogP contribution in [0.5, 0.6) is 0 Å². The van der Waals surface area contributed by atoms with Gasteiger partial charge in [0.15, 0.2) is 0 Å². The Kier molecular flexibility index (Phi) is 2.57. The topological polar surface area (TPSA) is 33.1 Å². The third-order valence-corrected chi connectivity index (χ3v) is 1.94. The highest BCUT2D eigenvalue weighted by Gasteiger charge is 2.11. The molecule has 1 N–H and O–H groups in total. The van der Waals surface area contributed by atoms with Gasteiger partial charge in [0.25, 0.3) is 0 Å². The summed E-state index contributed by atoms with van der Waals surface area (Å²) in [6, 6.07) is 0. The van der Waals surface area contributed by atoms with Crippen LogP contribution in [0, 0.1) is 5.82 Å². The number of rotatable bonds is 1. The molecule has 60 valence electrons. The van der Waals surface area contributed by atoms with Gasteiger partial charge < -0.3 is 5.11 Å². The predicted octanol–water partition coefficient (Wildman–Crippen LogP) is 2.04. The molecule has 0 saturated carbocycles. The van der Waals surface area contributed by atoms with Crippen molar-refractivity contribution in [3.8, 4) is 0 Å². The minimum absolute atomic E-state index is 0.250. The Labute approximate surface area is 72.2 Å². The van der Waals surface area contributed by atoms with Crippen LogP contribution in [0.4, 0.5) is 4.39 Å². The maximum atomic E-state index is 12.8. The number of aromatic nitrogens is 1. The third kappa shape index (κ3) is 1.75. The van der Waals surface area contributed by atoms with Gasteiger partial charge in [-0.05, 0) is 22.9 Å². The fraction of sp³-hybridized carbons (Fsp3) is 0.286. The lowest BCUT2D eigenvalue weighted by molar-refractivity contribution is 0.193. The van der Waals surface area contributed by atoms with E-state index in [1.54, 1.807) is 0 Å². The van der Waals surface area contributed by atoms with Crippen LogP contribution in [0.2, 0.25) is 0 Å². The Morgan fingerprint density at radius 3 is 2.64 bits per heavy atom. The number of nitrogens with zero attached hydrogens (tertiary/aromatic N) is 1. The van der Waals surface area contributed by atoms with Crippen LogP contribution < -0.4 is 0 Å². The van der Waals surface area contributed by atoms with E-state index >= 15 is 0 Å². The number of aliphatic hydroxyl groups is 1. The highest BCUT2D eigenvalue weighted by Crippen LogP contribution is 2.24. The van der Waals surface area contributed by atoms with Gasteiger partial charge in [0.1, 0.15) is 5.82 Å². The van der Waals surface area contributed by atoms with Crippen molar-refractivity contribution < 1.29 is 9.50 Å². The molecule has 0 aliphatic carbocycles. The lowest BCUT2D eigenvalue weighted by atomic mass is 10.2. The molecule has 0 unspecified atom stereocenters. The van der Waals surface area contributed by atoms with E-state index in [9.17, 15) is 4.39 Å². The first-order valence-corrected chi connectivity index (χ1v) is 3.89. The maximum absolute atomic E-state index is 12.8. The minimum atomic E-state index is -0.813. The summed E-state index contributed by atoms with van der Waals surface area (Å²) in [4.78, 5) is 3.59. The Balaban J connectivity index is 3.21. The zero-order valence-corrected chi connectivity index (χ0v) is 7.47. The molecule has 1 aromatic rings. The average molecular weight is 220 g/mol. The van der Waals surface area contributed by atoms with Crippen molar-refractivity contribution in [2.45, 2.75) is 13.0 Å². The summed E-state index contributed by atoms with van der Waals surface area (Å²) in [6.45, 7) is 1.50. The molecule has 0 amide bonds. The molecule has 0 aromatic carbocycles. The van der Waals surface area contributed by atoms with Gasteiger partial charge in [-0.2, -0.15) is 0 Å². The maximum Gasteiger partial charge on any atom is 0.148 e. The average Bonchev–Trinajstić information content (AvgIpc) is 1.85. The van der Waals surface area contributed by atoms with Crippen LogP contribution in [-0.2, 0) is 0 Å². The SMILES string of the molecule is C[C@H](O)c1c(F)cncc1Br. The molecule has 0 fully saturated rings. The second-order valence-corrected chi connectivity index (χ2v) is 3.05. The molecule has 1 atom stereocenters. The van der Waals surface area contributed by atoms with E-state index < -0.39 is 11.9 Å². The quantitative estimate of drug-likeness (QED) is 0.785.